The lowest BCUT2D eigenvalue weighted by molar-refractivity contribution is -0.146. The van der Waals surface area contributed by atoms with Crippen molar-refractivity contribution in [3.05, 3.63) is 47.5 Å². The molecule has 0 heterocycles. The monoisotopic (exact) mass is 486 g/mol. The lowest BCUT2D eigenvalue weighted by Crippen LogP contribution is -2.23. The van der Waals surface area contributed by atoms with Gasteiger partial charge in [-0.1, -0.05) is 23.7 Å². The third-order valence-corrected chi connectivity index (χ3v) is 7.32. The molecule has 1 amide bonds. The molecule has 0 fully saturated rings. The Hall–Kier alpha value is -2.27. The van der Waals surface area contributed by atoms with Crippen LogP contribution in [0.4, 0.5) is 5.69 Å². The van der Waals surface area contributed by atoms with Gasteiger partial charge in [-0.25, -0.2) is 12.7 Å². The van der Waals surface area contributed by atoms with Gasteiger partial charge in [-0.15, -0.1) is 11.8 Å². The zero-order valence-electron chi connectivity index (χ0n) is 17.3. The first kappa shape index (κ1) is 25.0. The SMILES string of the molecule is COc1ccc(S(=O)(=O)N(C)C)cc1NC(=O)COC(=O)CCSc1ccccc1Cl. The molecule has 8 nitrogen and oxygen atoms in total. The summed E-state index contributed by atoms with van der Waals surface area (Å²) in [5.41, 5.74) is 0.153. The number of amides is 1. The van der Waals surface area contributed by atoms with Crippen LogP contribution in [0.3, 0.4) is 0 Å². The molecule has 0 bridgehead atoms. The number of ether oxygens (including phenoxy) is 2. The molecule has 2 aromatic carbocycles. The van der Waals surface area contributed by atoms with Crippen molar-refractivity contribution in [2.24, 2.45) is 0 Å². The third kappa shape index (κ3) is 7.13. The number of halogens is 1. The second-order valence-corrected chi connectivity index (χ2v) is 10.1. The van der Waals surface area contributed by atoms with E-state index in [0.717, 1.165) is 9.20 Å². The first-order valence-corrected chi connectivity index (χ1v) is 11.9. The van der Waals surface area contributed by atoms with Gasteiger partial charge in [0.15, 0.2) is 6.61 Å². The summed E-state index contributed by atoms with van der Waals surface area (Å²) in [6, 6.07) is 11.4. The van der Waals surface area contributed by atoms with Gasteiger partial charge in [0.1, 0.15) is 5.75 Å². The Bertz CT molecular complexity index is 1040. The Morgan fingerprint density at radius 1 is 1.16 bits per heavy atom. The molecule has 0 aromatic heterocycles. The number of nitrogens with zero attached hydrogens (tertiary/aromatic N) is 1. The lowest BCUT2D eigenvalue weighted by Gasteiger charge is -2.15. The van der Waals surface area contributed by atoms with E-state index in [4.69, 9.17) is 21.1 Å². The van der Waals surface area contributed by atoms with Gasteiger partial charge < -0.3 is 14.8 Å². The number of hydrogen-bond donors (Lipinski definition) is 1. The van der Waals surface area contributed by atoms with Crippen molar-refractivity contribution in [1.82, 2.24) is 4.31 Å². The van der Waals surface area contributed by atoms with Crippen molar-refractivity contribution in [1.29, 1.82) is 0 Å². The normalized spacial score (nSPS) is 11.3. The highest BCUT2D eigenvalue weighted by atomic mass is 35.5. The molecule has 0 saturated carbocycles. The van der Waals surface area contributed by atoms with Crippen LogP contribution in [0.5, 0.6) is 5.75 Å². The fourth-order valence-corrected chi connectivity index (χ4v) is 4.46. The molecule has 0 aliphatic heterocycles. The van der Waals surface area contributed by atoms with E-state index in [2.05, 4.69) is 5.32 Å². The molecule has 1 N–H and O–H groups in total. The van der Waals surface area contributed by atoms with Crippen LogP contribution in [0.25, 0.3) is 0 Å². The number of methoxy groups -OCH3 is 1. The van der Waals surface area contributed by atoms with Gasteiger partial charge in [-0.2, -0.15) is 0 Å². The number of carbonyl (C=O) groups is 2. The molecule has 0 atom stereocenters. The molecule has 0 radical (unpaired) electrons. The van der Waals surface area contributed by atoms with Crippen LogP contribution in [-0.4, -0.2) is 58.2 Å². The lowest BCUT2D eigenvalue weighted by atomic mass is 10.3. The van der Waals surface area contributed by atoms with Crippen LogP contribution in [0.15, 0.2) is 52.3 Å². The molecule has 0 aliphatic rings. The van der Waals surface area contributed by atoms with E-state index >= 15 is 0 Å². The van der Waals surface area contributed by atoms with Gasteiger partial charge in [-0.05, 0) is 30.3 Å². The zero-order chi connectivity index (χ0) is 23.0. The molecule has 31 heavy (non-hydrogen) atoms. The average molecular weight is 487 g/mol. The van der Waals surface area contributed by atoms with Crippen molar-refractivity contribution in [2.75, 3.05) is 38.9 Å². The second kappa shape index (κ2) is 11.4. The Morgan fingerprint density at radius 3 is 2.52 bits per heavy atom. The van der Waals surface area contributed by atoms with Crippen molar-refractivity contribution in [3.63, 3.8) is 0 Å². The number of benzene rings is 2. The van der Waals surface area contributed by atoms with E-state index in [1.54, 1.807) is 6.07 Å². The first-order chi connectivity index (χ1) is 14.6. The quantitative estimate of drug-likeness (QED) is 0.406. The second-order valence-electron chi connectivity index (χ2n) is 6.39. The number of anilines is 1. The van der Waals surface area contributed by atoms with Gasteiger partial charge in [0, 0.05) is 24.7 Å². The van der Waals surface area contributed by atoms with Crippen LogP contribution in [0.2, 0.25) is 5.02 Å². The fraction of sp³-hybridized carbons (Fsp3) is 0.300. The highest BCUT2D eigenvalue weighted by molar-refractivity contribution is 7.99. The minimum atomic E-state index is -3.69. The molecule has 2 aromatic rings. The van der Waals surface area contributed by atoms with Gasteiger partial charge in [0.25, 0.3) is 5.91 Å². The Balaban J connectivity index is 1.90. The molecule has 11 heteroatoms. The Labute approximate surface area is 190 Å². The summed E-state index contributed by atoms with van der Waals surface area (Å²) in [6.45, 7) is -0.511. The number of hydrogen-bond acceptors (Lipinski definition) is 7. The minimum absolute atomic E-state index is 0.0119. The van der Waals surface area contributed by atoms with E-state index in [9.17, 15) is 18.0 Å². The van der Waals surface area contributed by atoms with Gasteiger partial charge in [0.05, 0.1) is 29.1 Å². The molecule has 168 valence electrons. The number of sulfonamides is 1. The highest BCUT2D eigenvalue weighted by Crippen LogP contribution is 2.29. The summed E-state index contributed by atoms with van der Waals surface area (Å²) in [5, 5.41) is 3.12. The predicted molar refractivity (Wildman–Crippen MR) is 120 cm³/mol. The standard InChI is InChI=1S/C20H23ClN2O6S2/c1-23(2)31(26,27)14-8-9-17(28-3)16(12-14)22-19(24)13-29-20(25)10-11-30-18-7-5-4-6-15(18)21/h4-9,12H,10-11,13H2,1-3H3,(H,22,24). The molecule has 0 unspecified atom stereocenters. The molecule has 0 saturated heterocycles. The summed E-state index contributed by atoms with van der Waals surface area (Å²) in [6.07, 6.45) is 0.100. The number of esters is 1. The maximum Gasteiger partial charge on any atom is 0.307 e. The number of nitrogens with one attached hydrogen (secondary N) is 1. The Kier molecular flexibility index (Phi) is 9.17. The summed E-state index contributed by atoms with van der Waals surface area (Å²) in [4.78, 5) is 24.9. The summed E-state index contributed by atoms with van der Waals surface area (Å²) >= 11 is 7.47. The zero-order valence-corrected chi connectivity index (χ0v) is 19.6. The van der Waals surface area contributed by atoms with Gasteiger partial charge in [-0.3, -0.25) is 9.59 Å². The smallest absolute Gasteiger partial charge is 0.307 e. The predicted octanol–water partition coefficient (Wildman–Crippen LogP) is 3.26. The molecule has 0 spiro atoms. The maximum absolute atomic E-state index is 12.3. The Morgan fingerprint density at radius 2 is 1.87 bits per heavy atom. The molecule has 0 aliphatic carbocycles. The van der Waals surface area contributed by atoms with E-state index in [-0.39, 0.29) is 22.8 Å². The van der Waals surface area contributed by atoms with Crippen molar-refractivity contribution in [2.45, 2.75) is 16.2 Å². The van der Waals surface area contributed by atoms with Crippen molar-refractivity contribution >= 4 is 50.9 Å². The molecular weight excluding hydrogens is 464 g/mol. The number of thioether (sulfide) groups is 1. The topological polar surface area (TPSA) is 102 Å². The molecular formula is C20H23ClN2O6S2. The average Bonchev–Trinajstić information content (AvgIpc) is 2.73. The van der Waals surface area contributed by atoms with Crippen LogP contribution >= 0.6 is 23.4 Å². The van der Waals surface area contributed by atoms with Crippen LogP contribution in [-0.2, 0) is 24.3 Å². The fourth-order valence-electron chi connectivity index (χ4n) is 2.37. The van der Waals surface area contributed by atoms with Crippen LogP contribution in [0.1, 0.15) is 6.42 Å². The van der Waals surface area contributed by atoms with E-state index < -0.39 is 28.5 Å². The largest absolute Gasteiger partial charge is 0.495 e. The van der Waals surface area contributed by atoms with Crippen molar-refractivity contribution < 1.29 is 27.5 Å². The summed E-state index contributed by atoms with van der Waals surface area (Å²) in [5.74, 6) is -0.438. The van der Waals surface area contributed by atoms with E-state index in [0.29, 0.717) is 10.8 Å². The number of carbonyl (C=O) groups excluding carboxylic acids is 2. The maximum atomic E-state index is 12.3. The summed E-state index contributed by atoms with van der Waals surface area (Å²) in [7, 11) is 0.506. The number of rotatable bonds is 10. The minimum Gasteiger partial charge on any atom is -0.495 e. The van der Waals surface area contributed by atoms with Crippen LogP contribution in [0, 0.1) is 0 Å². The third-order valence-electron chi connectivity index (χ3n) is 3.99. The van der Waals surface area contributed by atoms with E-state index in [1.165, 1.54) is 51.2 Å². The summed E-state index contributed by atoms with van der Waals surface area (Å²) < 4.78 is 35.8. The first-order valence-electron chi connectivity index (χ1n) is 9.08. The van der Waals surface area contributed by atoms with Crippen LogP contribution < -0.4 is 10.1 Å². The molecule has 2 rings (SSSR count). The van der Waals surface area contributed by atoms with E-state index in [1.807, 2.05) is 18.2 Å². The highest BCUT2D eigenvalue weighted by Gasteiger charge is 2.20. The van der Waals surface area contributed by atoms with Crippen molar-refractivity contribution in [3.8, 4) is 5.75 Å². The van der Waals surface area contributed by atoms with Gasteiger partial charge >= 0.3 is 5.97 Å². The van der Waals surface area contributed by atoms with Gasteiger partial charge in [0.2, 0.25) is 10.0 Å².